The number of benzene rings is 9. The molecular weight excluding hydrogens is 703 g/mol. The molecule has 270 valence electrons. The van der Waals surface area contributed by atoms with E-state index in [0.29, 0.717) is 0 Å². The summed E-state index contributed by atoms with van der Waals surface area (Å²) in [4.78, 5) is 2.41. The molecule has 0 aliphatic heterocycles. The summed E-state index contributed by atoms with van der Waals surface area (Å²) < 4.78 is 6.30. The van der Waals surface area contributed by atoms with Crippen molar-refractivity contribution in [3.8, 4) is 22.3 Å². The molecule has 0 unspecified atom stereocenters. The Balaban J connectivity index is 1.12. The van der Waals surface area contributed by atoms with Gasteiger partial charge >= 0.3 is 0 Å². The standard InChI is InChI=1S/C56H35NO/c1-2-16-36(17-3-1)57(37-31-33-54-44(34-37)43-21-7-15-29-53(43)58-54)38-30-32-42-41-20-6-10-24-47(41)56(52(42)35-38)50-27-13-11-25-48(50)55(49-26-12-14-28-51(49)56)45-22-8-4-18-39(45)40-19-5-9-23-46(40)55/h1-35H. The number of furan rings is 1. The van der Waals surface area contributed by atoms with E-state index in [-0.39, 0.29) is 0 Å². The summed E-state index contributed by atoms with van der Waals surface area (Å²) in [7, 11) is 0. The molecule has 2 nitrogen and oxygen atoms in total. The number of hydrogen-bond acceptors (Lipinski definition) is 2. The van der Waals surface area contributed by atoms with Crippen molar-refractivity contribution in [2.45, 2.75) is 10.8 Å². The van der Waals surface area contributed by atoms with E-state index >= 15 is 0 Å². The number of para-hydroxylation sites is 2. The Kier molecular flexibility index (Phi) is 6.33. The van der Waals surface area contributed by atoms with Gasteiger partial charge in [-0.05, 0) is 115 Å². The maximum atomic E-state index is 6.30. The molecule has 2 heteroatoms. The Hall–Kier alpha value is -7.42. The highest BCUT2D eigenvalue weighted by Gasteiger charge is 2.58. The molecule has 1 heterocycles. The largest absolute Gasteiger partial charge is 0.456 e. The van der Waals surface area contributed by atoms with Crippen LogP contribution in [0.3, 0.4) is 0 Å². The summed E-state index contributed by atoms with van der Waals surface area (Å²) in [6.07, 6.45) is 0. The monoisotopic (exact) mass is 737 g/mol. The molecule has 0 radical (unpaired) electrons. The second-order valence-corrected chi connectivity index (χ2v) is 15.9. The third-order valence-electron chi connectivity index (χ3n) is 13.3. The van der Waals surface area contributed by atoms with Crippen molar-refractivity contribution in [3.63, 3.8) is 0 Å². The number of fused-ring (bicyclic) bond motifs is 19. The predicted molar refractivity (Wildman–Crippen MR) is 237 cm³/mol. The predicted octanol–water partition coefficient (Wildman–Crippen LogP) is 14.1. The highest BCUT2D eigenvalue weighted by molar-refractivity contribution is 6.06. The molecule has 0 saturated heterocycles. The number of anilines is 3. The molecule has 9 aromatic carbocycles. The molecule has 58 heavy (non-hydrogen) atoms. The van der Waals surface area contributed by atoms with Gasteiger partial charge in [-0.25, -0.2) is 0 Å². The molecule has 0 saturated carbocycles. The van der Waals surface area contributed by atoms with Crippen LogP contribution in [0, 0.1) is 0 Å². The highest BCUT2D eigenvalue weighted by Crippen LogP contribution is 2.67. The molecule has 10 aromatic rings. The maximum Gasteiger partial charge on any atom is 0.135 e. The van der Waals surface area contributed by atoms with Crippen LogP contribution in [-0.2, 0) is 10.8 Å². The van der Waals surface area contributed by atoms with Crippen LogP contribution < -0.4 is 4.90 Å². The topological polar surface area (TPSA) is 16.4 Å². The molecule has 1 aromatic heterocycles. The summed E-state index contributed by atoms with van der Waals surface area (Å²) in [5.74, 6) is 0. The summed E-state index contributed by atoms with van der Waals surface area (Å²) in [5.41, 5.74) is 19.9. The molecule has 0 fully saturated rings. The van der Waals surface area contributed by atoms with Crippen molar-refractivity contribution in [2.75, 3.05) is 4.90 Å². The van der Waals surface area contributed by atoms with Gasteiger partial charge < -0.3 is 9.32 Å². The van der Waals surface area contributed by atoms with Crippen molar-refractivity contribution < 1.29 is 4.42 Å². The van der Waals surface area contributed by atoms with Crippen molar-refractivity contribution in [1.29, 1.82) is 0 Å². The van der Waals surface area contributed by atoms with E-state index in [2.05, 4.69) is 205 Å². The normalized spacial score (nSPS) is 14.5. The van der Waals surface area contributed by atoms with Gasteiger partial charge in [0.2, 0.25) is 0 Å². The molecule has 3 aliphatic carbocycles. The van der Waals surface area contributed by atoms with Crippen LogP contribution in [0.4, 0.5) is 17.1 Å². The second kappa shape index (κ2) is 11.6. The zero-order valence-electron chi connectivity index (χ0n) is 31.6. The Morgan fingerprint density at radius 3 is 1.28 bits per heavy atom. The summed E-state index contributed by atoms with van der Waals surface area (Å²) >= 11 is 0. The maximum absolute atomic E-state index is 6.30. The van der Waals surface area contributed by atoms with Crippen molar-refractivity contribution in [1.82, 2.24) is 0 Å². The van der Waals surface area contributed by atoms with Gasteiger partial charge in [0.25, 0.3) is 0 Å². The Morgan fingerprint density at radius 1 is 0.276 bits per heavy atom. The molecule has 2 spiro atoms. The first-order chi connectivity index (χ1) is 28.8. The summed E-state index contributed by atoms with van der Waals surface area (Å²) in [6, 6.07) is 78.8. The van der Waals surface area contributed by atoms with Crippen molar-refractivity contribution >= 4 is 39.0 Å². The molecule has 0 amide bonds. The average Bonchev–Trinajstić information content (AvgIpc) is 3.91. The van der Waals surface area contributed by atoms with E-state index in [0.717, 1.165) is 39.0 Å². The van der Waals surface area contributed by atoms with Crippen molar-refractivity contribution in [2.24, 2.45) is 0 Å². The van der Waals surface area contributed by atoms with Gasteiger partial charge in [-0.1, -0.05) is 164 Å². The van der Waals surface area contributed by atoms with Crippen LogP contribution in [0.1, 0.15) is 44.5 Å². The van der Waals surface area contributed by atoms with Crippen LogP contribution in [0.25, 0.3) is 44.2 Å². The third-order valence-corrected chi connectivity index (χ3v) is 13.3. The lowest BCUT2D eigenvalue weighted by molar-refractivity contribution is 0.633. The highest BCUT2D eigenvalue weighted by atomic mass is 16.3. The number of hydrogen-bond donors (Lipinski definition) is 0. The Bertz CT molecular complexity index is 3220. The fraction of sp³-hybridized carbons (Fsp3) is 0.0357. The molecule has 0 atom stereocenters. The quantitative estimate of drug-likeness (QED) is 0.180. The SMILES string of the molecule is c1ccc(N(c2ccc3c(c2)C2(c4ccccc4-3)c3ccccc3C3(c4ccccc4-c4ccccc43)c3ccccc32)c2ccc3oc4ccccc4c3c2)cc1. The minimum absolute atomic E-state index is 0.472. The van der Waals surface area contributed by atoms with Crippen LogP contribution in [0.5, 0.6) is 0 Å². The van der Waals surface area contributed by atoms with Crippen LogP contribution in [-0.4, -0.2) is 0 Å². The minimum Gasteiger partial charge on any atom is -0.456 e. The molecular formula is C56H35NO. The lowest BCUT2D eigenvalue weighted by Crippen LogP contribution is -2.43. The lowest BCUT2D eigenvalue weighted by Gasteiger charge is -2.49. The first kappa shape index (κ1) is 31.7. The zero-order chi connectivity index (χ0) is 38.0. The summed E-state index contributed by atoms with van der Waals surface area (Å²) in [5, 5.41) is 2.23. The van der Waals surface area contributed by atoms with Gasteiger partial charge in [-0.15, -0.1) is 0 Å². The van der Waals surface area contributed by atoms with Gasteiger partial charge in [0.05, 0.1) is 10.8 Å². The molecule has 3 aliphatic rings. The molecule has 0 bridgehead atoms. The number of rotatable bonds is 3. The van der Waals surface area contributed by atoms with Crippen LogP contribution in [0.15, 0.2) is 217 Å². The van der Waals surface area contributed by atoms with E-state index in [1.807, 2.05) is 12.1 Å². The van der Waals surface area contributed by atoms with Gasteiger partial charge in [-0.2, -0.15) is 0 Å². The average molecular weight is 738 g/mol. The number of nitrogens with zero attached hydrogens (tertiary/aromatic N) is 1. The fourth-order valence-electron chi connectivity index (χ4n) is 11.2. The third kappa shape index (κ3) is 3.87. The first-order valence-electron chi connectivity index (χ1n) is 20.2. The fourth-order valence-corrected chi connectivity index (χ4v) is 11.2. The Morgan fingerprint density at radius 2 is 0.690 bits per heavy atom. The lowest BCUT2D eigenvalue weighted by atomic mass is 9.52. The Labute approximate surface area is 336 Å². The smallest absolute Gasteiger partial charge is 0.135 e. The van der Waals surface area contributed by atoms with Gasteiger partial charge in [0.15, 0.2) is 0 Å². The van der Waals surface area contributed by atoms with Crippen LogP contribution >= 0.6 is 0 Å². The van der Waals surface area contributed by atoms with E-state index < -0.39 is 10.8 Å². The van der Waals surface area contributed by atoms with E-state index in [4.69, 9.17) is 4.42 Å². The molecule has 0 N–H and O–H groups in total. The van der Waals surface area contributed by atoms with E-state index in [1.54, 1.807) is 0 Å². The summed E-state index contributed by atoms with van der Waals surface area (Å²) in [6.45, 7) is 0. The van der Waals surface area contributed by atoms with Crippen molar-refractivity contribution in [3.05, 3.63) is 257 Å². The first-order valence-corrected chi connectivity index (χ1v) is 20.2. The van der Waals surface area contributed by atoms with Gasteiger partial charge in [0.1, 0.15) is 11.2 Å². The van der Waals surface area contributed by atoms with E-state index in [1.165, 1.54) is 66.8 Å². The van der Waals surface area contributed by atoms with Gasteiger partial charge in [-0.3, -0.25) is 0 Å². The van der Waals surface area contributed by atoms with Gasteiger partial charge in [0, 0.05) is 27.8 Å². The second-order valence-electron chi connectivity index (χ2n) is 15.9. The zero-order valence-corrected chi connectivity index (χ0v) is 31.6. The van der Waals surface area contributed by atoms with E-state index in [9.17, 15) is 0 Å². The van der Waals surface area contributed by atoms with Crippen LogP contribution in [0.2, 0.25) is 0 Å². The molecule has 13 rings (SSSR count). The minimum atomic E-state index is -0.570.